The van der Waals surface area contributed by atoms with Crippen LogP contribution in [0.5, 0.6) is 0 Å². The van der Waals surface area contributed by atoms with Gasteiger partial charge in [-0.1, -0.05) is 18.2 Å². The average molecular weight is 329 g/mol. The molecule has 0 amide bonds. The second-order valence-corrected chi connectivity index (χ2v) is 6.06. The molecule has 0 spiro atoms. The van der Waals surface area contributed by atoms with E-state index in [9.17, 15) is 0 Å². The molecule has 25 heavy (non-hydrogen) atoms. The van der Waals surface area contributed by atoms with E-state index >= 15 is 0 Å². The van der Waals surface area contributed by atoms with Gasteiger partial charge in [0.25, 0.3) is 0 Å². The van der Waals surface area contributed by atoms with E-state index in [1.807, 2.05) is 35.2 Å². The van der Waals surface area contributed by atoms with Gasteiger partial charge in [-0.3, -0.25) is 9.56 Å². The number of rotatable bonds is 3. The van der Waals surface area contributed by atoms with Crippen molar-refractivity contribution in [3.8, 4) is 5.82 Å². The Balaban J connectivity index is 1.48. The number of imidazole rings is 1. The number of allylic oxidation sites excluding steroid dienone is 3. The molecular formula is C18H15N7. The lowest BCUT2D eigenvalue weighted by Crippen LogP contribution is -2.14. The van der Waals surface area contributed by atoms with Gasteiger partial charge in [-0.25, -0.2) is 4.98 Å². The molecule has 122 valence electrons. The van der Waals surface area contributed by atoms with Crippen molar-refractivity contribution in [2.24, 2.45) is 4.99 Å². The van der Waals surface area contributed by atoms with Crippen molar-refractivity contribution in [1.29, 1.82) is 0 Å². The molecule has 3 aromatic rings. The largest absolute Gasteiger partial charge is 0.289 e. The first-order valence-electron chi connectivity index (χ1n) is 8.17. The molecule has 0 saturated carbocycles. The lowest BCUT2D eigenvalue weighted by molar-refractivity contribution is 0.768. The van der Waals surface area contributed by atoms with Crippen LogP contribution in [0.4, 0.5) is 0 Å². The topological polar surface area (TPSA) is 73.3 Å². The van der Waals surface area contributed by atoms with Crippen LogP contribution in [0.1, 0.15) is 12.2 Å². The lowest BCUT2D eigenvalue weighted by atomic mass is 9.92. The van der Waals surface area contributed by atoms with Crippen LogP contribution in [0.3, 0.4) is 0 Å². The lowest BCUT2D eigenvalue weighted by Gasteiger charge is -2.20. The van der Waals surface area contributed by atoms with Crippen LogP contribution in [-0.2, 0) is 6.42 Å². The zero-order chi connectivity index (χ0) is 16.6. The molecule has 4 heterocycles. The van der Waals surface area contributed by atoms with Crippen LogP contribution in [-0.4, -0.2) is 41.6 Å². The van der Waals surface area contributed by atoms with Crippen LogP contribution in [0.15, 0.2) is 71.3 Å². The van der Waals surface area contributed by atoms with Crippen molar-refractivity contribution in [2.45, 2.75) is 18.9 Å². The third-order valence-electron chi connectivity index (χ3n) is 4.43. The molecular weight excluding hydrogens is 314 g/mol. The molecule has 0 radical (unpaired) electrons. The van der Waals surface area contributed by atoms with Crippen molar-refractivity contribution in [3.63, 3.8) is 0 Å². The fourth-order valence-electron chi connectivity index (χ4n) is 3.15. The molecule has 2 aliphatic rings. The Hall–Kier alpha value is -3.35. The van der Waals surface area contributed by atoms with Gasteiger partial charge in [0.15, 0.2) is 17.3 Å². The van der Waals surface area contributed by atoms with Crippen molar-refractivity contribution < 1.29 is 0 Å². The zero-order valence-electron chi connectivity index (χ0n) is 13.4. The first-order chi connectivity index (χ1) is 12.4. The highest BCUT2D eigenvalue weighted by Gasteiger charge is 2.18. The second kappa shape index (κ2) is 5.62. The summed E-state index contributed by atoms with van der Waals surface area (Å²) in [6, 6.07) is 4.09. The Labute approximate surface area is 143 Å². The monoisotopic (exact) mass is 329 g/mol. The minimum absolute atomic E-state index is 0.259. The standard InChI is InChI=1S/C18H15N7/c1-2-14-10-13(3-4-15(14)20-7-1)11-18-22-21-16-5-6-17(23-25(16)18)24-9-8-19-12-24/h1-3,5-10,12,15H,4,11H2. The predicted octanol–water partition coefficient (Wildman–Crippen LogP) is 2.12. The van der Waals surface area contributed by atoms with E-state index in [1.165, 1.54) is 11.1 Å². The van der Waals surface area contributed by atoms with Gasteiger partial charge in [0, 0.05) is 25.0 Å². The first kappa shape index (κ1) is 14.0. The number of aliphatic imine (C=N–C) groups is 1. The van der Waals surface area contributed by atoms with Crippen LogP contribution in [0, 0.1) is 0 Å². The Kier molecular flexibility index (Phi) is 3.16. The molecule has 1 aliphatic carbocycles. The minimum atomic E-state index is 0.259. The quantitative estimate of drug-likeness (QED) is 0.738. The van der Waals surface area contributed by atoms with E-state index in [4.69, 9.17) is 0 Å². The van der Waals surface area contributed by atoms with Gasteiger partial charge in [0.05, 0.1) is 6.04 Å². The summed E-state index contributed by atoms with van der Waals surface area (Å²) in [5.74, 6) is 1.61. The maximum atomic E-state index is 4.65. The maximum Gasteiger partial charge on any atom is 0.178 e. The molecule has 3 aromatic heterocycles. The summed E-state index contributed by atoms with van der Waals surface area (Å²) in [6.45, 7) is 0. The van der Waals surface area contributed by atoms with Crippen LogP contribution < -0.4 is 0 Å². The van der Waals surface area contributed by atoms with E-state index in [0.717, 1.165) is 23.7 Å². The summed E-state index contributed by atoms with van der Waals surface area (Å²) in [5.41, 5.74) is 3.21. The SMILES string of the molecule is C1=CC2=CC(Cc3nnc4ccc(-n5ccnc5)nn34)=CCC2N=C1. The molecule has 0 bridgehead atoms. The number of dihydropyridines is 1. The minimum Gasteiger partial charge on any atom is -0.289 e. The van der Waals surface area contributed by atoms with Crippen LogP contribution in [0.2, 0.25) is 0 Å². The Morgan fingerprint density at radius 2 is 2.20 bits per heavy atom. The van der Waals surface area contributed by atoms with E-state index in [0.29, 0.717) is 6.42 Å². The molecule has 1 unspecified atom stereocenters. The molecule has 5 rings (SSSR count). The third-order valence-corrected chi connectivity index (χ3v) is 4.43. The Morgan fingerprint density at radius 3 is 3.12 bits per heavy atom. The normalized spacial score (nSPS) is 19.0. The van der Waals surface area contributed by atoms with Crippen LogP contribution in [0.25, 0.3) is 11.5 Å². The smallest absolute Gasteiger partial charge is 0.178 e. The fourth-order valence-corrected chi connectivity index (χ4v) is 3.15. The highest BCUT2D eigenvalue weighted by atomic mass is 15.4. The average Bonchev–Trinajstić information content (AvgIpc) is 3.32. The summed E-state index contributed by atoms with van der Waals surface area (Å²) >= 11 is 0. The van der Waals surface area contributed by atoms with Gasteiger partial charge in [-0.2, -0.15) is 4.52 Å². The van der Waals surface area contributed by atoms with Crippen molar-refractivity contribution in [3.05, 3.63) is 72.1 Å². The molecule has 7 heteroatoms. The Morgan fingerprint density at radius 1 is 1.20 bits per heavy atom. The highest BCUT2D eigenvalue weighted by molar-refractivity contribution is 5.75. The molecule has 0 saturated heterocycles. The molecule has 0 aromatic carbocycles. The molecule has 1 aliphatic heterocycles. The maximum absolute atomic E-state index is 4.65. The van der Waals surface area contributed by atoms with Gasteiger partial charge in [0.2, 0.25) is 0 Å². The number of hydrogen-bond acceptors (Lipinski definition) is 5. The predicted molar refractivity (Wildman–Crippen MR) is 93.8 cm³/mol. The summed E-state index contributed by atoms with van der Waals surface area (Å²) in [4.78, 5) is 8.56. The Bertz CT molecular complexity index is 1050. The van der Waals surface area contributed by atoms with Gasteiger partial charge in [-0.15, -0.1) is 15.3 Å². The van der Waals surface area contributed by atoms with Crippen LogP contribution >= 0.6 is 0 Å². The summed E-state index contributed by atoms with van der Waals surface area (Å²) < 4.78 is 3.66. The molecule has 0 N–H and O–H groups in total. The second-order valence-electron chi connectivity index (χ2n) is 6.06. The summed E-state index contributed by atoms with van der Waals surface area (Å²) in [5, 5.41) is 13.2. The molecule has 0 fully saturated rings. The van der Waals surface area contributed by atoms with E-state index in [-0.39, 0.29) is 6.04 Å². The van der Waals surface area contributed by atoms with E-state index in [2.05, 4.69) is 43.5 Å². The van der Waals surface area contributed by atoms with Gasteiger partial charge in [-0.05, 0) is 35.8 Å². The van der Waals surface area contributed by atoms with Crippen molar-refractivity contribution in [2.75, 3.05) is 0 Å². The zero-order valence-corrected chi connectivity index (χ0v) is 13.4. The van der Waals surface area contributed by atoms with Crippen molar-refractivity contribution >= 4 is 11.9 Å². The number of fused-ring (bicyclic) bond motifs is 2. The van der Waals surface area contributed by atoms with Gasteiger partial charge >= 0.3 is 0 Å². The summed E-state index contributed by atoms with van der Waals surface area (Å²) in [7, 11) is 0. The fraction of sp³-hybridized carbons (Fsp3) is 0.167. The van der Waals surface area contributed by atoms with Gasteiger partial charge < -0.3 is 0 Å². The van der Waals surface area contributed by atoms with Crippen molar-refractivity contribution in [1.82, 2.24) is 29.4 Å². The first-order valence-corrected chi connectivity index (χ1v) is 8.17. The molecule has 1 atom stereocenters. The highest BCUT2D eigenvalue weighted by Crippen LogP contribution is 2.25. The number of nitrogens with zero attached hydrogens (tertiary/aromatic N) is 7. The van der Waals surface area contributed by atoms with Gasteiger partial charge in [0.1, 0.15) is 6.33 Å². The van der Waals surface area contributed by atoms with E-state index in [1.54, 1.807) is 17.0 Å². The number of hydrogen-bond donors (Lipinski definition) is 0. The van der Waals surface area contributed by atoms with E-state index < -0.39 is 0 Å². The summed E-state index contributed by atoms with van der Waals surface area (Å²) in [6.07, 6.45) is 17.3. The molecule has 7 nitrogen and oxygen atoms in total. The number of aromatic nitrogens is 6. The third kappa shape index (κ3) is 2.50.